The number of aryl methyl sites for hydroxylation is 2. The van der Waals surface area contributed by atoms with Crippen molar-refractivity contribution in [3.05, 3.63) is 46.2 Å². The Balaban J connectivity index is 1.93. The van der Waals surface area contributed by atoms with Crippen LogP contribution in [-0.2, 0) is 6.42 Å². The summed E-state index contributed by atoms with van der Waals surface area (Å²) in [6.07, 6.45) is 5.46. The van der Waals surface area contributed by atoms with Crippen molar-refractivity contribution in [3.8, 4) is 0 Å². The normalized spacial score (nSPS) is 12.6. The monoisotopic (exact) mass is 233 g/mol. The third-order valence-corrected chi connectivity index (χ3v) is 3.40. The fourth-order valence-electron chi connectivity index (χ4n) is 1.49. The van der Waals surface area contributed by atoms with Crippen LogP contribution in [0.15, 0.2) is 29.9 Å². The molecule has 0 spiro atoms. The molecule has 2 heterocycles. The first-order valence-corrected chi connectivity index (χ1v) is 6.20. The lowest BCUT2D eigenvalue weighted by atomic mass is 10.1. The zero-order valence-corrected chi connectivity index (χ0v) is 10.1. The van der Waals surface area contributed by atoms with Crippen LogP contribution in [0.2, 0.25) is 0 Å². The Morgan fingerprint density at radius 3 is 2.88 bits per heavy atom. The van der Waals surface area contributed by atoms with Gasteiger partial charge in [0.15, 0.2) is 0 Å². The molecule has 2 aromatic rings. The Morgan fingerprint density at radius 2 is 2.25 bits per heavy atom. The molecule has 2 N–H and O–H groups in total. The molecule has 0 saturated heterocycles. The molecule has 0 bridgehead atoms. The summed E-state index contributed by atoms with van der Waals surface area (Å²) in [6.45, 7) is 1.92. The van der Waals surface area contributed by atoms with Crippen LogP contribution in [0.5, 0.6) is 0 Å². The second-order valence-electron chi connectivity index (χ2n) is 3.81. The van der Waals surface area contributed by atoms with E-state index in [0.717, 1.165) is 24.2 Å². The lowest BCUT2D eigenvalue weighted by molar-refractivity contribution is 0.632. The minimum atomic E-state index is -0.0183. The van der Waals surface area contributed by atoms with E-state index in [1.807, 2.05) is 6.92 Å². The molecule has 0 aliphatic carbocycles. The van der Waals surface area contributed by atoms with Gasteiger partial charge >= 0.3 is 0 Å². The van der Waals surface area contributed by atoms with Gasteiger partial charge in [0.1, 0.15) is 0 Å². The quantitative estimate of drug-likeness (QED) is 0.882. The lowest BCUT2D eigenvalue weighted by Crippen LogP contribution is -2.13. The molecule has 2 aromatic heterocycles. The zero-order valence-electron chi connectivity index (χ0n) is 9.26. The number of nitrogens with two attached hydrogens (primary N) is 1. The second kappa shape index (κ2) is 5.18. The van der Waals surface area contributed by atoms with Crippen molar-refractivity contribution in [1.82, 2.24) is 9.97 Å². The third-order valence-electron chi connectivity index (χ3n) is 2.46. The van der Waals surface area contributed by atoms with Gasteiger partial charge in [-0.3, -0.25) is 9.97 Å². The fourth-order valence-corrected chi connectivity index (χ4v) is 2.22. The van der Waals surface area contributed by atoms with E-state index in [1.54, 1.807) is 23.7 Å². The average molecular weight is 233 g/mol. The molecule has 0 aromatic carbocycles. The van der Waals surface area contributed by atoms with Gasteiger partial charge in [-0.25, -0.2) is 0 Å². The van der Waals surface area contributed by atoms with Gasteiger partial charge in [0, 0.05) is 17.1 Å². The molecule has 1 unspecified atom stereocenters. The van der Waals surface area contributed by atoms with Gasteiger partial charge in [0.2, 0.25) is 0 Å². The van der Waals surface area contributed by atoms with E-state index in [1.165, 1.54) is 4.88 Å². The summed E-state index contributed by atoms with van der Waals surface area (Å²) in [7, 11) is 0. The number of rotatable bonds is 4. The highest BCUT2D eigenvalue weighted by molar-refractivity contribution is 7.09. The van der Waals surface area contributed by atoms with Gasteiger partial charge in [0.05, 0.1) is 17.6 Å². The molecule has 4 heteroatoms. The number of thiophene rings is 1. The minimum Gasteiger partial charge on any atom is -0.323 e. The molecule has 0 fully saturated rings. The average Bonchev–Trinajstić information content (AvgIpc) is 2.80. The number of hydrogen-bond donors (Lipinski definition) is 1. The van der Waals surface area contributed by atoms with Crippen LogP contribution in [0.1, 0.15) is 28.7 Å². The Bertz CT molecular complexity index is 422. The molecule has 0 amide bonds. The smallest absolute Gasteiger partial charge is 0.0754 e. The summed E-state index contributed by atoms with van der Waals surface area (Å²) in [4.78, 5) is 9.87. The van der Waals surface area contributed by atoms with E-state index in [4.69, 9.17) is 5.73 Å². The first-order valence-electron chi connectivity index (χ1n) is 5.32. The van der Waals surface area contributed by atoms with Crippen molar-refractivity contribution in [2.24, 2.45) is 5.73 Å². The van der Waals surface area contributed by atoms with Crippen molar-refractivity contribution < 1.29 is 0 Å². The van der Waals surface area contributed by atoms with Gasteiger partial charge in [-0.2, -0.15) is 0 Å². The van der Waals surface area contributed by atoms with Crippen molar-refractivity contribution in [2.75, 3.05) is 0 Å². The van der Waals surface area contributed by atoms with Crippen LogP contribution >= 0.6 is 11.3 Å². The first kappa shape index (κ1) is 11.2. The summed E-state index contributed by atoms with van der Waals surface area (Å²) in [5.41, 5.74) is 7.87. The summed E-state index contributed by atoms with van der Waals surface area (Å²) in [6, 6.07) is 4.19. The fraction of sp³-hybridized carbons (Fsp3) is 0.333. The van der Waals surface area contributed by atoms with Crippen molar-refractivity contribution in [1.29, 1.82) is 0 Å². The predicted molar refractivity (Wildman–Crippen MR) is 66.3 cm³/mol. The third kappa shape index (κ3) is 2.87. The van der Waals surface area contributed by atoms with Gasteiger partial charge in [-0.05, 0) is 31.2 Å². The van der Waals surface area contributed by atoms with Gasteiger partial charge in [-0.15, -0.1) is 11.3 Å². The lowest BCUT2D eigenvalue weighted by Gasteiger charge is -2.09. The summed E-state index contributed by atoms with van der Waals surface area (Å²) in [5.74, 6) is 0. The van der Waals surface area contributed by atoms with Crippen LogP contribution in [-0.4, -0.2) is 9.97 Å². The van der Waals surface area contributed by atoms with Crippen LogP contribution in [0, 0.1) is 6.92 Å². The van der Waals surface area contributed by atoms with E-state index in [-0.39, 0.29) is 6.04 Å². The summed E-state index contributed by atoms with van der Waals surface area (Å²) < 4.78 is 0. The maximum Gasteiger partial charge on any atom is 0.0754 e. The molecule has 3 nitrogen and oxygen atoms in total. The summed E-state index contributed by atoms with van der Waals surface area (Å²) >= 11 is 1.77. The molecule has 16 heavy (non-hydrogen) atoms. The first-order chi connectivity index (χ1) is 7.75. The van der Waals surface area contributed by atoms with Crippen LogP contribution in [0.25, 0.3) is 0 Å². The molecule has 0 saturated carbocycles. The highest BCUT2D eigenvalue weighted by Crippen LogP contribution is 2.17. The standard InChI is InChI=1S/C12H15N3S/c1-9-7-15-12(8-14-9)11(13)5-4-10-3-2-6-16-10/h2-3,6-8,11H,4-5,13H2,1H3. The minimum absolute atomic E-state index is 0.0183. The molecular weight excluding hydrogens is 218 g/mol. The number of aromatic nitrogens is 2. The van der Waals surface area contributed by atoms with Crippen molar-refractivity contribution in [2.45, 2.75) is 25.8 Å². The summed E-state index contributed by atoms with van der Waals surface area (Å²) in [5, 5.41) is 2.09. The second-order valence-corrected chi connectivity index (χ2v) is 4.84. The Kier molecular flexibility index (Phi) is 3.64. The molecule has 0 aliphatic rings. The maximum atomic E-state index is 6.06. The van der Waals surface area contributed by atoms with Crippen molar-refractivity contribution >= 4 is 11.3 Å². The van der Waals surface area contributed by atoms with Gasteiger partial charge in [-0.1, -0.05) is 6.07 Å². The highest BCUT2D eigenvalue weighted by atomic mass is 32.1. The molecular formula is C12H15N3S. The number of nitrogens with zero attached hydrogens (tertiary/aromatic N) is 2. The Hall–Kier alpha value is -1.26. The highest BCUT2D eigenvalue weighted by Gasteiger charge is 2.08. The van der Waals surface area contributed by atoms with Crippen molar-refractivity contribution in [3.63, 3.8) is 0 Å². The van der Waals surface area contributed by atoms with Crippen LogP contribution in [0.3, 0.4) is 0 Å². The van der Waals surface area contributed by atoms with Crippen LogP contribution < -0.4 is 5.73 Å². The molecule has 84 valence electrons. The topological polar surface area (TPSA) is 51.8 Å². The largest absolute Gasteiger partial charge is 0.323 e. The Morgan fingerprint density at radius 1 is 1.38 bits per heavy atom. The van der Waals surface area contributed by atoms with Gasteiger partial charge < -0.3 is 5.73 Å². The van der Waals surface area contributed by atoms with E-state index < -0.39 is 0 Å². The molecule has 0 aliphatic heterocycles. The zero-order chi connectivity index (χ0) is 11.4. The van der Waals surface area contributed by atoms with Gasteiger partial charge in [0.25, 0.3) is 0 Å². The van der Waals surface area contributed by atoms with E-state index in [9.17, 15) is 0 Å². The van der Waals surface area contributed by atoms with E-state index in [0.29, 0.717) is 0 Å². The molecule has 2 rings (SSSR count). The number of hydrogen-bond acceptors (Lipinski definition) is 4. The molecule has 0 radical (unpaired) electrons. The molecule has 1 atom stereocenters. The van der Waals surface area contributed by atoms with E-state index in [2.05, 4.69) is 27.5 Å². The predicted octanol–water partition coefficient (Wildman–Crippen LogP) is 2.48. The van der Waals surface area contributed by atoms with E-state index >= 15 is 0 Å². The Labute approximate surface area is 99.4 Å². The maximum absolute atomic E-state index is 6.06. The van der Waals surface area contributed by atoms with Crippen LogP contribution in [0.4, 0.5) is 0 Å². The SMILES string of the molecule is Cc1cnc(C(N)CCc2cccs2)cn1.